The van der Waals surface area contributed by atoms with Gasteiger partial charge in [-0.3, -0.25) is 19.2 Å². The average molecular weight is 559 g/mol. The number of carbonyl (C=O) groups is 6. The second-order valence-corrected chi connectivity index (χ2v) is 8.70. The molecule has 5 atom stereocenters. The molecule has 0 spiro atoms. The monoisotopic (exact) mass is 558 g/mol. The smallest absolute Gasteiger partial charge is 0.333 e. The zero-order valence-corrected chi connectivity index (χ0v) is 22.8. The third kappa shape index (κ3) is 12.3. The van der Waals surface area contributed by atoms with Crippen molar-refractivity contribution >= 4 is 35.8 Å². The van der Waals surface area contributed by atoms with E-state index in [0.29, 0.717) is 37.8 Å². The molecule has 13 heteroatoms. The quantitative estimate of drug-likeness (QED) is 0.166. The van der Waals surface area contributed by atoms with E-state index < -0.39 is 73.1 Å². The molecule has 0 aromatic rings. The molecule has 220 valence electrons. The fourth-order valence-electron chi connectivity index (χ4n) is 3.50. The van der Waals surface area contributed by atoms with Crippen LogP contribution in [0.25, 0.3) is 0 Å². The molecule has 13 nitrogen and oxygen atoms in total. The van der Waals surface area contributed by atoms with Gasteiger partial charge in [-0.2, -0.15) is 0 Å². The molecule has 1 aliphatic heterocycles. The summed E-state index contributed by atoms with van der Waals surface area (Å²) in [6.07, 6.45) is -4.58. The van der Waals surface area contributed by atoms with Gasteiger partial charge in [0.2, 0.25) is 12.4 Å². The Morgan fingerprint density at radius 3 is 1.59 bits per heavy atom. The van der Waals surface area contributed by atoms with Crippen LogP contribution in [0.4, 0.5) is 0 Å². The molecule has 1 heterocycles. The molecule has 0 radical (unpaired) electrons. The summed E-state index contributed by atoms with van der Waals surface area (Å²) in [5, 5.41) is 8.81. The van der Waals surface area contributed by atoms with Gasteiger partial charge in [0.05, 0.1) is 0 Å². The first-order valence-electron chi connectivity index (χ1n) is 13.1. The highest BCUT2D eigenvalue weighted by atomic mass is 16.7. The minimum atomic E-state index is -1.73. The number of esters is 5. The van der Waals surface area contributed by atoms with Gasteiger partial charge in [0.1, 0.15) is 12.7 Å². The van der Waals surface area contributed by atoms with Crippen LogP contribution in [0.1, 0.15) is 79.1 Å². The molecular formula is C26H38O13. The number of carbonyl (C=O) groups excluding carboxylic acids is 5. The summed E-state index contributed by atoms with van der Waals surface area (Å²) in [5.74, 6) is -5.29. The van der Waals surface area contributed by atoms with Crippen molar-refractivity contribution in [3.8, 4) is 0 Å². The molecule has 0 aromatic heterocycles. The molecule has 0 bridgehead atoms. The van der Waals surface area contributed by atoms with Gasteiger partial charge >= 0.3 is 35.8 Å². The van der Waals surface area contributed by atoms with Crippen molar-refractivity contribution in [3.05, 3.63) is 12.2 Å². The highest BCUT2D eigenvalue weighted by Gasteiger charge is 2.54. The first-order chi connectivity index (χ1) is 18.6. The number of rotatable bonds is 16. The summed E-state index contributed by atoms with van der Waals surface area (Å²) in [4.78, 5) is 72.8. The molecule has 1 saturated heterocycles. The Bertz CT molecular complexity index is 881. The van der Waals surface area contributed by atoms with Crippen LogP contribution < -0.4 is 0 Å². The molecular weight excluding hydrogens is 520 g/mol. The molecule has 0 unspecified atom stereocenters. The summed E-state index contributed by atoms with van der Waals surface area (Å²) < 4.78 is 32.9. The maximum atomic E-state index is 12.6. The first kappa shape index (κ1) is 33.5. The third-order valence-corrected chi connectivity index (χ3v) is 5.21. The summed E-state index contributed by atoms with van der Waals surface area (Å²) in [7, 11) is 0. The number of ether oxygens (including phenoxy) is 6. The zero-order valence-electron chi connectivity index (χ0n) is 22.8. The molecule has 0 saturated carbocycles. The van der Waals surface area contributed by atoms with E-state index >= 15 is 0 Å². The van der Waals surface area contributed by atoms with E-state index in [9.17, 15) is 28.8 Å². The van der Waals surface area contributed by atoms with Crippen molar-refractivity contribution < 1.29 is 62.3 Å². The highest BCUT2D eigenvalue weighted by Crippen LogP contribution is 2.31. The first-order valence-corrected chi connectivity index (χ1v) is 13.1. The van der Waals surface area contributed by atoms with E-state index in [1.165, 1.54) is 0 Å². The average Bonchev–Trinajstić information content (AvgIpc) is 2.85. The van der Waals surface area contributed by atoms with Crippen molar-refractivity contribution in [2.24, 2.45) is 0 Å². The minimum Gasteiger partial charge on any atom is -0.478 e. The Morgan fingerprint density at radius 1 is 0.641 bits per heavy atom. The van der Waals surface area contributed by atoms with Gasteiger partial charge in [0.25, 0.3) is 0 Å². The van der Waals surface area contributed by atoms with Crippen LogP contribution in [0.3, 0.4) is 0 Å². The second-order valence-electron chi connectivity index (χ2n) is 8.70. The van der Waals surface area contributed by atoms with Crippen LogP contribution in [0.5, 0.6) is 0 Å². The lowest BCUT2D eigenvalue weighted by molar-refractivity contribution is -0.300. The van der Waals surface area contributed by atoms with Gasteiger partial charge in [-0.15, -0.1) is 0 Å². The lowest BCUT2D eigenvalue weighted by atomic mass is 9.97. The van der Waals surface area contributed by atoms with Crippen molar-refractivity contribution in [3.63, 3.8) is 0 Å². The predicted molar refractivity (Wildman–Crippen MR) is 132 cm³/mol. The fourth-order valence-corrected chi connectivity index (χ4v) is 3.50. The van der Waals surface area contributed by atoms with Gasteiger partial charge < -0.3 is 33.5 Å². The van der Waals surface area contributed by atoms with Crippen LogP contribution >= 0.6 is 0 Å². The normalized spacial score (nSPS) is 22.5. The molecule has 0 aromatic carbocycles. The lowest BCUT2D eigenvalue weighted by Gasteiger charge is -2.43. The Kier molecular flexibility index (Phi) is 15.4. The SMILES string of the molecule is CCCC(=O)OC[C@H]1O[C@H](OC(=O)/C=C/C(=O)O)[C@H](OC(=O)CCC)[C@@H](OC(=O)CCC)[C@@H]1OC(=O)CCC. The molecule has 0 amide bonds. The standard InChI is InChI=1S/C26H38O13/c1-5-9-18(29)34-15-16-23(36-19(30)10-6-2)24(37-20(31)11-7-3)25(38-21(32)12-8-4)26(35-16)39-22(33)14-13-17(27)28/h13-14,16,23-26H,5-12,15H2,1-4H3,(H,27,28)/b14-13+/t16-,23-,24+,25-,26-/m1/s1. The van der Waals surface area contributed by atoms with E-state index in [0.717, 1.165) is 0 Å². The van der Waals surface area contributed by atoms with Crippen molar-refractivity contribution in [1.29, 1.82) is 0 Å². The predicted octanol–water partition coefficient (Wildman–Crippen LogP) is 2.37. The second kappa shape index (κ2) is 17.9. The lowest BCUT2D eigenvalue weighted by Crippen LogP contribution is -2.63. The van der Waals surface area contributed by atoms with Crippen LogP contribution in [-0.4, -0.2) is 78.2 Å². The summed E-state index contributed by atoms with van der Waals surface area (Å²) >= 11 is 0. The molecule has 0 aliphatic carbocycles. The number of hydrogen-bond acceptors (Lipinski definition) is 12. The number of carboxylic acid groups (broad SMARTS) is 1. The Morgan fingerprint density at radius 2 is 1.10 bits per heavy atom. The third-order valence-electron chi connectivity index (χ3n) is 5.21. The number of aliphatic carboxylic acids is 1. The van der Waals surface area contributed by atoms with E-state index in [-0.39, 0.29) is 25.7 Å². The van der Waals surface area contributed by atoms with Crippen LogP contribution in [-0.2, 0) is 57.2 Å². The zero-order chi connectivity index (χ0) is 29.4. The van der Waals surface area contributed by atoms with Crippen molar-refractivity contribution in [1.82, 2.24) is 0 Å². The molecule has 1 fully saturated rings. The van der Waals surface area contributed by atoms with Crippen molar-refractivity contribution in [2.75, 3.05) is 6.61 Å². The molecule has 1 rings (SSSR count). The molecule has 39 heavy (non-hydrogen) atoms. The topological polar surface area (TPSA) is 178 Å². The van der Waals surface area contributed by atoms with Crippen LogP contribution in [0, 0.1) is 0 Å². The largest absolute Gasteiger partial charge is 0.478 e. The number of hydrogen-bond donors (Lipinski definition) is 1. The maximum Gasteiger partial charge on any atom is 0.333 e. The van der Waals surface area contributed by atoms with Gasteiger partial charge in [-0.25, -0.2) is 9.59 Å². The number of carboxylic acids is 1. The van der Waals surface area contributed by atoms with Gasteiger partial charge in [-0.1, -0.05) is 27.7 Å². The van der Waals surface area contributed by atoms with Crippen LogP contribution in [0.2, 0.25) is 0 Å². The van der Waals surface area contributed by atoms with Crippen molar-refractivity contribution in [2.45, 2.75) is 110 Å². The fraction of sp³-hybridized carbons (Fsp3) is 0.692. The summed E-state index contributed by atoms with van der Waals surface area (Å²) in [5.41, 5.74) is 0. The Balaban J connectivity index is 3.51. The van der Waals surface area contributed by atoms with Gasteiger partial charge in [0.15, 0.2) is 12.2 Å². The van der Waals surface area contributed by atoms with E-state index in [1.54, 1.807) is 27.7 Å². The molecule has 1 aliphatic rings. The molecule has 1 N–H and O–H groups in total. The summed E-state index contributed by atoms with van der Waals surface area (Å²) in [6, 6.07) is 0. The Hall–Kier alpha value is -3.48. The Labute approximate surface area is 227 Å². The van der Waals surface area contributed by atoms with E-state index in [2.05, 4.69) is 0 Å². The van der Waals surface area contributed by atoms with Gasteiger partial charge in [-0.05, 0) is 25.7 Å². The van der Waals surface area contributed by atoms with Crippen LogP contribution in [0.15, 0.2) is 12.2 Å². The highest BCUT2D eigenvalue weighted by molar-refractivity contribution is 5.90. The maximum absolute atomic E-state index is 12.6. The minimum absolute atomic E-state index is 0.00710. The van der Waals surface area contributed by atoms with E-state index in [4.69, 9.17) is 33.5 Å². The van der Waals surface area contributed by atoms with Gasteiger partial charge in [0, 0.05) is 37.8 Å². The summed E-state index contributed by atoms with van der Waals surface area (Å²) in [6.45, 7) is 6.50. The van der Waals surface area contributed by atoms with E-state index in [1.807, 2.05) is 0 Å².